The van der Waals surface area contributed by atoms with Crippen molar-refractivity contribution in [2.24, 2.45) is 0 Å². The molecule has 1 aliphatic heterocycles. The summed E-state index contributed by atoms with van der Waals surface area (Å²) >= 11 is 1.49. The highest BCUT2D eigenvalue weighted by atomic mass is 32.2. The lowest BCUT2D eigenvalue weighted by atomic mass is 10.1. The van der Waals surface area contributed by atoms with Gasteiger partial charge in [-0.3, -0.25) is 9.59 Å². The van der Waals surface area contributed by atoms with Gasteiger partial charge < -0.3 is 14.7 Å². The van der Waals surface area contributed by atoms with Gasteiger partial charge in [-0.15, -0.1) is 11.8 Å². The van der Waals surface area contributed by atoms with Crippen LogP contribution in [0.15, 0.2) is 29.2 Å². The van der Waals surface area contributed by atoms with E-state index in [4.69, 9.17) is 9.84 Å². The first-order valence-corrected chi connectivity index (χ1v) is 7.84. The maximum Gasteiger partial charge on any atom is 0.305 e. The van der Waals surface area contributed by atoms with Crippen molar-refractivity contribution in [3.05, 3.63) is 29.8 Å². The van der Waals surface area contributed by atoms with Gasteiger partial charge in [-0.25, -0.2) is 0 Å². The summed E-state index contributed by atoms with van der Waals surface area (Å²) in [6.07, 6.45) is -0.0687. The summed E-state index contributed by atoms with van der Waals surface area (Å²) in [4.78, 5) is 25.9. The Hall–Kier alpha value is -1.53. The van der Waals surface area contributed by atoms with Gasteiger partial charge in [0, 0.05) is 11.4 Å². The van der Waals surface area contributed by atoms with E-state index in [0.717, 1.165) is 10.5 Å². The van der Waals surface area contributed by atoms with Crippen LogP contribution < -0.4 is 0 Å². The maximum atomic E-state index is 12.3. The first-order valence-electron chi connectivity index (χ1n) is 6.85. The molecule has 1 aliphatic rings. The van der Waals surface area contributed by atoms with Crippen LogP contribution in [0, 0.1) is 6.92 Å². The number of nitrogens with zero attached hydrogens (tertiary/aromatic N) is 1. The second kappa shape index (κ2) is 7.47. The van der Waals surface area contributed by atoms with E-state index >= 15 is 0 Å². The van der Waals surface area contributed by atoms with Gasteiger partial charge in [0.2, 0.25) is 5.91 Å². The van der Waals surface area contributed by atoms with Gasteiger partial charge in [0.1, 0.15) is 0 Å². The molecule has 0 aromatic heterocycles. The average molecular weight is 309 g/mol. The van der Waals surface area contributed by atoms with Gasteiger partial charge in [-0.05, 0) is 18.6 Å². The Morgan fingerprint density at radius 2 is 2.19 bits per heavy atom. The van der Waals surface area contributed by atoms with Gasteiger partial charge in [0.05, 0.1) is 31.4 Å². The minimum absolute atomic E-state index is 0.0298. The molecule has 0 bridgehead atoms. The van der Waals surface area contributed by atoms with E-state index in [-0.39, 0.29) is 18.4 Å². The molecule has 21 heavy (non-hydrogen) atoms. The molecule has 0 spiro atoms. The molecule has 0 saturated carbocycles. The molecule has 1 atom stereocenters. The number of hydrogen-bond acceptors (Lipinski definition) is 4. The van der Waals surface area contributed by atoms with Crippen LogP contribution in [-0.4, -0.2) is 53.4 Å². The minimum Gasteiger partial charge on any atom is -0.481 e. The maximum absolute atomic E-state index is 12.3. The van der Waals surface area contributed by atoms with Crippen molar-refractivity contribution >= 4 is 23.6 Å². The van der Waals surface area contributed by atoms with Gasteiger partial charge in [0.25, 0.3) is 0 Å². The standard InChI is InChI=1S/C15H19NO4S/c1-11-4-2-3-5-13(11)21-10-14(17)16-6-7-20-9-12(16)8-15(18)19/h2-5,12H,6-10H2,1H3,(H,18,19). The summed E-state index contributed by atoms with van der Waals surface area (Å²) in [7, 11) is 0. The number of carboxylic acids is 1. The molecule has 0 radical (unpaired) electrons. The van der Waals surface area contributed by atoms with Crippen molar-refractivity contribution in [2.75, 3.05) is 25.5 Å². The highest BCUT2D eigenvalue weighted by Crippen LogP contribution is 2.23. The van der Waals surface area contributed by atoms with Crippen LogP contribution in [0.1, 0.15) is 12.0 Å². The van der Waals surface area contributed by atoms with Crippen molar-refractivity contribution < 1.29 is 19.4 Å². The zero-order chi connectivity index (χ0) is 15.2. The van der Waals surface area contributed by atoms with E-state index in [0.29, 0.717) is 25.5 Å². The van der Waals surface area contributed by atoms with Crippen LogP contribution in [0.2, 0.25) is 0 Å². The highest BCUT2D eigenvalue weighted by molar-refractivity contribution is 8.00. The molecule has 1 fully saturated rings. The van der Waals surface area contributed by atoms with E-state index < -0.39 is 5.97 Å². The minimum atomic E-state index is -0.908. The lowest BCUT2D eigenvalue weighted by molar-refractivity contribution is -0.144. The van der Waals surface area contributed by atoms with Crippen molar-refractivity contribution in [1.29, 1.82) is 0 Å². The molecule has 6 heteroatoms. The Kier molecular flexibility index (Phi) is 5.64. The third-order valence-electron chi connectivity index (χ3n) is 3.40. The summed E-state index contributed by atoms with van der Waals surface area (Å²) in [5.41, 5.74) is 1.14. The Morgan fingerprint density at radius 3 is 2.90 bits per heavy atom. The zero-order valence-electron chi connectivity index (χ0n) is 11.9. The van der Waals surface area contributed by atoms with Crippen LogP contribution in [0.25, 0.3) is 0 Å². The molecule has 1 aromatic carbocycles. The zero-order valence-corrected chi connectivity index (χ0v) is 12.8. The summed E-state index contributed by atoms with van der Waals surface area (Å²) < 4.78 is 5.28. The molecule has 5 nitrogen and oxygen atoms in total. The molecule has 0 aliphatic carbocycles. The number of carboxylic acid groups (broad SMARTS) is 1. The number of carbonyl (C=O) groups is 2. The highest BCUT2D eigenvalue weighted by Gasteiger charge is 2.28. The fourth-order valence-corrected chi connectivity index (χ4v) is 3.21. The van der Waals surface area contributed by atoms with E-state index in [1.165, 1.54) is 11.8 Å². The van der Waals surface area contributed by atoms with Crippen molar-refractivity contribution in [3.8, 4) is 0 Å². The number of morpholine rings is 1. The topological polar surface area (TPSA) is 66.8 Å². The normalized spacial score (nSPS) is 18.5. The number of aryl methyl sites for hydroxylation is 1. The number of carbonyl (C=O) groups excluding carboxylic acids is 1. The Labute approximate surface area is 128 Å². The number of amides is 1. The van der Waals surface area contributed by atoms with Gasteiger partial charge in [-0.2, -0.15) is 0 Å². The molecule has 1 aromatic rings. The third-order valence-corrected chi connectivity index (χ3v) is 4.56. The van der Waals surface area contributed by atoms with E-state index in [2.05, 4.69) is 0 Å². The van der Waals surface area contributed by atoms with Crippen molar-refractivity contribution in [2.45, 2.75) is 24.3 Å². The van der Waals surface area contributed by atoms with Crippen LogP contribution in [0.4, 0.5) is 0 Å². The Morgan fingerprint density at radius 1 is 1.43 bits per heavy atom. The molecule has 2 rings (SSSR count). The summed E-state index contributed by atoms with van der Waals surface area (Å²) in [5, 5.41) is 8.91. The smallest absolute Gasteiger partial charge is 0.305 e. The average Bonchev–Trinajstić information content (AvgIpc) is 2.46. The van der Waals surface area contributed by atoms with E-state index in [1.54, 1.807) is 4.90 Å². The summed E-state index contributed by atoms with van der Waals surface area (Å²) in [6, 6.07) is 7.55. The molecule has 1 amide bonds. The SMILES string of the molecule is Cc1ccccc1SCC(=O)N1CCOCC1CC(=O)O. The predicted molar refractivity (Wildman–Crippen MR) is 80.5 cm³/mol. The number of aliphatic carboxylic acids is 1. The van der Waals surface area contributed by atoms with Gasteiger partial charge in [-0.1, -0.05) is 18.2 Å². The second-order valence-electron chi connectivity index (χ2n) is 4.97. The Bertz CT molecular complexity index is 520. The van der Waals surface area contributed by atoms with E-state index in [9.17, 15) is 9.59 Å². The molecule has 1 unspecified atom stereocenters. The van der Waals surface area contributed by atoms with Crippen LogP contribution in [0.5, 0.6) is 0 Å². The largest absolute Gasteiger partial charge is 0.481 e. The molecule has 1 heterocycles. The molecule has 1 saturated heterocycles. The number of ether oxygens (including phenoxy) is 1. The number of thioether (sulfide) groups is 1. The first kappa shape index (κ1) is 15.9. The first-order chi connectivity index (χ1) is 10.1. The van der Waals surface area contributed by atoms with E-state index in [1.807, 2.05) is 31.2 Å². The number of hydrogen-bond donors (Lipinski definition) is 1. The van der Waals surface area contributed by atoms with Crippen LogP contribution in [-0.2, 0) is 14.3 Å². The second-order valence-corrected chi connectivity index (χ2v) is 5.99. The third kappa shape index (κ3) is 4.47. The quantitative estimate of drug-likeness (QED) is 0.840. The Balaban J connectivity index is 1.94. The number of benzene rings is 1. The molecular formula is C15H19NO4S. The predicted octanol–water partition coefficient (Wildman–Crippen LogP) is 1.79. The molecule has 114 valence electrons. The van der Waals surface area contributed by atoms with Crippen molar-refractivity contribution in [1.82, 2.24) is 4.90 Å². The summed E-state index contributed by atoms with van der Waals surface area (Å²) in [6.45, 7) is 3.24. The van der Waals surface area contributed by atoms with Crippen LogP contribution in [0.3, 0.4) is 0 Å². The lowest BCUT2D eigenvalue weighted by Crippen LogP contribution is -2.50. The molecular weight excluding hydrogens is 290 g/mol. The number of rotatable bonds is 5. The monoisotopic (exact) mass is 309 g/mol. The fourth-order valence-electron chi connectivity index (χ4n) is 2.29. The lowest BCUT2D eigenvalue weighted by Gasteiger charge is -2.34. The summed E-state index contributed by atoms with van der Waals surface area (Å²) in [5.74, 6) is -0.617. The van der Waals surface area contributed by atoms with Gasteiger partial charge >= 0.3 is 5.97 Å². The van der Waals surface area contributed by atoms with Crippen molar-refractivity contribution in [3.63, 3.8) is 0 Å². The fraction of sp³-hybridized carbons (Fsp3) is 0.467. The molecule has 1 N–H and O–H groups in total. The van der Waals surface area contributed by atoms with Gasteiger partial charge in [0.15, 0.2) is 0 Å². The van der Waals surface area contributed by atoms with Crippen LogP contribution >= 0.6 is 11.8 Å².